The van der Waals surface area contributed by atoms with Crippen LogP contribution in [0.5, 0.6) is 0 Å². The Labute approximate surface area is 165 Å². The lowest BCUT2D eigenvalue weighted by Crippen LogP contribution is -2.45. The normalized spacial score (nSPS) is 19.4. The summed E-state index contributed by atoms with van der Waals surface area (Å²) in [6.07, 6.45) is 7.54. The molecular formula is C21H28N2O5. The first-order chi connectivity index (χ1) is 13.4. The summed E-state index contributed by atoms with van der Waals surface area (Å²) in [4.78, 5) is 36.7. The minimum Gasteiger partial charge on any atom is -0.466 e. The van der Waals surface area contributed by atoms with Crippen LogP contribution in [-0.2, 0) is 14.3 Å². The maximum atomic E-state index is 12.9. The highest BCUT2D eigenvalue weighted by Crippen LogP contribution is 2.28. The molecule has 2 atom stereocenters. The van der Waals surface area contributed by atoms with Gasteiger partial charge in [-0.1, -0.05) is 19.8 Å². The molecule has 0 bridgehead atoms. The van der Waals surface area contributed by atoms with Crippen molar-refractivity contribution in [2.75, 3.05) is 13.2 Å². The zero-order valence-electron chi connectivity index (χ0n) is 16.5. The van der Waals surface area contributed by atoms with Gasteiger partial charge in [-0.25, -0.2) is 0 Å². The van der Waals surface area contributed by atoms with E-state index in [-0.39, 0.29) is 30.0 Å². The molecule has 1 aromatic carbocycles. The van der Waals surface area contributed by atoms with E-state index in [4.69, 9.17) is 4.74 Å². The molecule has 1 aromatic rings. The molecule has 7 nitrogen and oxygen atoms in total. The molecule has 7 heteroatoms. The number of esters is 1. The van der Waals surface area contributed by atoms with Crippen LogP contribution < -0.4 is 0 Å². The molecule has 1 saturated carbocycles. The summed E-state index contributed by atoms with van der Waals surface area (Å²) < 4.78 is 5.00. The van der Waals surface area contributed by atoms with Crippen LogP contribution in [0.4, 0.5) is 5.69 Å². The number of hydrogen-bond donors (Lipinski definition) is 0. The van der Waals surface area contributed by atoms with Crippen molar-refractivity contribution in [2.45, 2.75) is 52.0 Å². The first-order valence-electron chi connectivity index (χ1n) is 9.81. The predicted molar refractivity (Wildman–Crippen MR) is 107 cm³/mol. The van der Waals surface area contributed by atoms with Gasteiger partial charge in [0.2, 0.25) is 5.91 Å². The Morgan fingerprint density at radius 3 is 2.54 bits per heavy atom. The number of hydrogen-bond acceptors (Lipinski definition) is 5. The van der Waals surface area contributed by atoms with Crippen LogP contribution in [0, 0.1) is 16.0 Å². The number of carbonyl (C=O) groups is 2. The van der Waals surface area contributed by atoms with Gasteiger partial charge in [0.05, 0.1) is 18.0 Å². The van der Waals surface area contributed by atoms with E-state index < -0.39 is 4.92 Å². The number of nitro benzene ring substituents is 1. The molecule has 152 valence electrons. The van der Waals surface area contributed by atoms with Gasteiger partial charge in [0.1, 0.15) is 0 Å². The smallest absolute Gasteiger partial charge is 0.307 e. The molecule has 0 spiro atoms. The molecule has 0 aliphatic heterocycles. The van der Waals surface area contributed by atoms with Crippen LogP contribution in [0.1, 0.15) is 51.5 Å². The zero-order valence-corrected chi connectivity index (χ0v) is 16.5. The molecule has 1 amide bonds. The number of non-ortho nitro benzene ring substituents is 1. The van der Waals surface area contributed by atoms with Gasteiger partial charge in [0.15, 0.2) is 0 Å². The standard InChI is InChI=1S/C21H28N2O5/c1-3-28-21(25)14-15-22(19-7-5-4-6-16(19)2)20(24)13-10-17-8-11-18(12-9-17)23(26)27/h8-13,16,19H,3-7,14-15H2,1-2H3/b13-10+. The summed E-state index contributed by atoms with van der Waals surface area (Å²) in [5, 5.41) is 10.7. The molecule has 2 unspecified atom stereocenters. The van der Waals surface area contributed by atoms with Crippen molar-refractivity contribution in [3.63, 3.8) is 0 Å². The summed E-state index contributed by atoms with van der Waals surface area (Å²) in [6, 6.07) is 6.14. The maximum absolute atomic E-state index is 12.9. The van der Waals surface area contributed by atoms with Crippen LogP contribution in [0.3, 0.4) is 0 Å². The van der Waals surface area contributed by atoms with Crippen molar-refractivity contribution >= 4 is 23.6 Å². The topological polar surface area (TPSA) is 89.8 Å². The van der Waals surface area contributed by atoms with Crippen LogP contribution in [0.15, 0.2) is 30.3 Å². The number of ether oxygens (including phenoxy) is 1. The third-order valence-corrected chi connectivity index (χ3v) is 5.13. The average molecular weight is 388 g/mol. The third-order valence-electron chi connectivity index (χ3n) is 5.13. The van der Waals surface area contributed by atoms with Gasteiger partial charge >= 0.3 is 5.97 Å². The van der Waals surface area contributed by atoms with Crippen molar-refractivity contribution in [3.8, 4) is 0 Å². The molecule has 0 N–H and O–H groups in total. The number of benzene rings is 1. The van der Waals surface area contributed by atoms with Gasteiger partial charge in [-0.05, 0) is 49.5 Å². The Balaban J connectivity index is 2.10. The lowest BCUT2D eigenvalue weighted by atomic mass is 9.84. The zero-order chi connectivity index (χ0) is 20.5. The van der Waals surface area contributed by atoms with E-state index in [0.29, 0.717) is 24.6 Å². The molecule has 0 saturated heterocycles. The Hall–Kier alpha value is -2.70. The highest BCUT2D eigenvalue weighted by Gasteiger charge is 2.29. The maximum Gasteiger partial charge on any atom is 0.307 e. The van der Waals surface area contributed by atoms with Crippen LogP contribution in [-0.4, -0.2) is 40.9 Å². The van der Waals surface area contributed by atoms with Crippen LogP contribution >= 0.6 is 0 Å². The van der Waals surface area contributed by atoms with Crippen molar-refractivity contribution in [2.24, 2.45) is 5.92 Å². The first-order valence-corrected chi connectivity index (χ1v) is 9.81. The second kappa shape index (κ2) is 10.6. The Bertz CT molecular complexity index is 714. The largest absolute Gasteiger partial charge is 0.466 e. The fraction of sp³-hybridized carbons (Fsp3) is 0.524. The third kappa shape index (κ3) is 6.18. The van der Waals surface area contributed by atoms with Gasteiger partial charge in [-0.2, -0.15) is 0 Å². The summed E-state index contributed by atoms with van der Waals surface area (Å²) in [7, 11) is 0. The minimum absolute atomic E-state index is 0.00979. The van der Waals surface area contributed by atoms with E-state index in [2.05, 4.69) is 6.92 Å². The fourth-order valence-electron chi connectivity index (χ4n) is 3.61. The highest BCUT2D eigenvalue weighted by atomic mass is 16.6. The second-order valence-electron chi connectivity index (χ2n) is 7.10. The van der Waals surface area contributed by atoms with Crippen molar-refractivity contribution in [1.29, 1.82) is 0 Å². The van der Waals surface area contributed by atoms with Gasteiger partial charge < -0.3 is 9.64 Å². The van der Waals surface area contributed by atoms with E-state index in [1.54, 1.807) is 30.0 Å². The molecule has 0 heterocycles. The van der Waals surface area contributed by atoms with Gasteiger partial charge in [0, 0.05) is 30.8 Å². The van der Waals surface area contributed by atoms with Crippen molar-refractivity contribution < 1.29 is 19.2 Å². The average Bonchev–Trinajstić information content (AvgIpc) is 2.68. The molecular weight excluding hydrogens is 360 g/mol. The SMILES string of the molecule is CCOC(=O)CCN(C(=O)/C=C/c1ccc([N+](=O)[O-])cc1)C1CCCCC1C. The van der Waals surface area contributed by atoms with Gasteiger partial charge in [-0.3, -0.25) is 19.7 Å². The summed E-state index contributed by atoms with van der Waals surface area (Å²) in [5.74, 6) is -0.0721. The summed E-state index contributed by atoms with van der Waals surface area (Å²) in [6.45, 7) is 4.56. The van der Waals surface area contributed by atoms with E-state index >= 15 is 0 Å². The summed E-state index contributed by atoms with van der Waals surface area (Å²) in [5.41, 5.74) is 0.719. The van der Waals surface area contributed by atoms with E-state index in [9.17, 15) is 19.7 Å². The molecule has 0 aromatic heterocycles. The van der Waals surface area contributed by atoms with Crippen molar-refractivity contribution in [3.05, 3.63) is 46.0 Å². The molecule has 1 aliphatic rings. The number of nitrogens with zero attached hydrogens (tertiary/aromatic N) is 2. The Morgan fingerprint density at radius 2 is 1.93 bits per heavy atom. The van der Waals surface area contributed by atoms with Gasteiger partial charge in [-0.15, -0.1) is 0 Å². The van der Waals surface area contributed by atoms with E-state index in [1.165, 1.54) is 18.2 Å². The van der Waals surface area contributed by atoms with E-state index in [1.807, 2.05) is 0 Å². The first kappa shape index (κ1) is 21.6. The second-order valence-corrected chi connectivity index (χ2v) is 7.10. The quantitative estimate of drug-likeness (QED) is 0.291. The summed E-state index contributed by atoms with van der Waals surface area (Å²) >= 11 is 0. The van der Waals surface area contributed by atoms with E-state index in [0.717, 1.165) is 25.7 Å². The predicted octanol–water partition coefficient (Wildman–Crippen LogP) is 3.97. The van der Waals surface area contributed by atoms with Crippen LogP contribution in [0.25, 0.3) is 6.08 Å². The molecule has 1 aliphatic carbocycles. The van der Waals surface area contributed by atoms with Crippen molar-refractivity contribution in [1.82, 2.24) is 4.90 Å². The number of carbonyl (C=O) groups excluding carboxylic acids is 2. The number of nitro groups is 1. The highest BCUT2D eigenvalue weighted by molar-refractivity contribution is 5.92. The minimum atomic E-state index is -0.458. The monoisotopic (exact) mass is 388 g/mol. The Kier molecular flexibility index (Phi) is 8.17. The lowest BCUT2D eigenvalue weighted by Gasteiger charge is -2.38. The number of rotatable bonds is 8. The van der Waals surface area contributed by atoms with Gasteiger partial charge in [0.25, 0.3) is 5.69 Å². The molecule has 28 heavy (non-hydrogen) atoms. The fourth-order valence-corrected chi connectivity index (χ4v) is 3.61. The number of amides is 1. The van der Waals surface area contributed by atoms with Crippen LogP contribution in [0.2, 0.25) is 0 Å². The Morgan fingerprint density at radius 1 is 1.25 bits per heavy atom. The molecule has 2 rings (SSSR count). The molecule has 0 radical (unpaired) electrons. The lowest BCUT2D eigenvalue weighted by molar-refractivity contribution is -0.384. The molecule has 1 fully saturated rings.